The summed E-state index contributed by atoms with van der Waals surface area (Å²) in [4.78, 5) is 11.0. The zero-order valence-corrected chi connectivity index (χ0v) is 11.3. The van der Waals surface area contributed by atoms with E-state index in [4.69, 9.17) is 0 Å². The molecule has 6 heteroatoms. The van der Waals surface area contributed by atoms with Gasteiger partial charge in [-0.05, 0) is 30.3 Å². The number of methoxy groups -OCH3 is 1. The van der Waals surface area contributed by atoms with E-state index in [2.05, 4.69) is 15.4 Å². The van der Waals surface area contributed by atoms with Crippen molar-refractivity contribution in [1.29, 1.82) is 0 Å². The van der Waals surface area contributed by atoms with Gasteiger partial charge in [-0.25, -0.2) is 13.6 Å². The molecule has 0 heterocycles. The van der Waals surface area contributed by atoms with Gasteiger partial charge in [-0.3, -0.25) is 5.32 Å². The lowest BCUT2D eigenvalue weighted by atomic mass is 10.2. The molecule has 2 rings (SSSR count). The molecule has 4 nitrogen and oxygen atoms in total. The van der Waals surface area contributed by atoms with Gasteiger partial charge in [0, 0.05) is 23.5 Å². The molecule has 0 aliphatic carbocycles. The van der Waals surface area contributed by atoms with Gasteiger partial charge in [0.15, 0.2) is 11.6 Å². The lowest BCUT2D eigenvalue weighted by Crippen LogP contribution is -2.10. The molecule has 0 atom stereocenters. The first-order valence-electron chi connectivity index (χ1n) is 6.22. The Morgan fingerprint density at radius 3 is 2.43 bits per heavy atom. The van der Waals surface area contributed by atoms with Gasteiger partial charge in [0.2, 0.25) is 0 Å². The smallest absolute Gasteiger partial charge is 0.411 e. The molecular formula is C15H14F2N2O2. The van der Waals surface area contributed by atoms with Crippen molar-refractivity contribution in [1.82, 2.24) is 0 Å². The van der Waals surface area contributed by atoms with Crippen LogP contribution >= 0.6 is 0 Å². The molecule has 21 heavy (non-hydrogen) atoms. The Bertz CT molecular complexity index is 630. The third kappa shape index (κ3) is 3.92. The Labute approximate surface area is 120 Å². The molecule has 0 aromatic heterocycles. The molecule has 110 valence electrons. The summed E-state index contributed by atoms with van der Waals surface area (Å²) in [7, 11) is 1.28. The van der Waals surface area contributed by atoms with Crippen LogP contribution in [0.3, 0.4) is 0 Å². The number of hydrogen-bond acceptors (Lipinski definition) is 3. The fraction of sp³-hybridized carbons (Fsp3) is 0.133. The second-order valence-electron chi connectivity index (χ2n) is 4.26. The Hall–Kier alpha value is -2.63. The van der Waals surface area contributed by atoms with Gasteiger partial charge in [0.25, 0.3) is 0 Å². The van der Waals surface area contributed by atoms with Crippen LogP contribution in [-0.2, 0) is 11.3 Å². The second-order valence-corrected chi connectivity index (χ2v) is 4.26. The SMILES string of the molecule is COC(=O)Nc1ccc(NCc2cccc(F)c2F)cc1. The third-order valence-corrected chi connectivity index (χ3v) is 2.83. The average molecular weight is 292 g/mol. The second kappa shape index (κ2) is 6.69. The summed E-state index contributed by atoms with van der Waals surface area (Å²) >= 11 is 0. The number of carbonyl (C=O) groups excluding carboxylic acids is 1. The normalized spacial score (nSPS) is 10.0. The van der Waals surface area contributed by atoms with Gasteiger partial charge < -0.3 is 10.1 Å². The number of rotatable bonds is 4. The van der Waals surface area contributed by atoms with Crippen molar-refractivity contribution in [3.63, 3.8) is 0 Å². The Balaban J connectivity index is 1.97. The van der Waals surface area contributed by atoms with Crippen LogP contribution in [0.4, 0.5) is 25.0 Å². The van der Waals surface area contributed by atoms with Crippen LogP contribution in [0.1, 0.15) is 5.56 Å². The van der Waals surface area contributed by atoms with E-state index in [0.717, 1.165) is 6.07 Å². The van der Waals surface area contributed by atoms with Gasteiger partial charge in [-0.15, -0.1) is 0 Å². The first-order valence-corrected chi connectivity index (χ1v) is 6.22. The van der Waals surface area contributed by atoms with Crippen molar-refractivity contribution in [3.8, 4) is 0 Å². The Morgan fingerprint density at radius 1 is 1.10 bits per heavy atom. The average Bonchev–Trinajstić information content (AvgIpc) is 2.50. The predicted molar refractivity (Wildman–Crippen MR) is 76.2 cm³/mol. The summed E-state index contributed by atoms with van der Waals surface area (Å²) in [6.45, 7) is 0.160. The van der Waals surface area contributed by atoms with Gasteiger partial charge in [-0.1, -0.05) is 12.1 Å². The van der Waals surface area contributed by atoms with Crippen LogP contribution in [0.5, 0.6) is 0 Å². The van der Waals surface area contributed by atoms with Crippen molar-refractivity contribution >= 4 is 17.5 Å². The first-order chi connectivity index (χ1) is 10.1. The van der Waals surface area contributed by atoms with E-state index in [1.807, 2.05) is 0 Å². The summed E-state index contributed by atoms with van der Waals surface area (Å²) in [5, 5.41) is 5.48. The molecular weight excluding hydrogens is 278 g/mol. The largest absolute Gasteiger partial charge is 0.453 e. The van der Waals surface area contributed by atoms with Crippen LogP contribution < -0.4 is 10.6 Å². The quantitative estimate of drug-likeness (QED) is 0.902. The predicted octanol–water partition coefficient (Wildman–Crippen LogP) is 3.76. The number of amides is 1. The maximum atomic E-state index is 13.5. The topological polar surface area (TPSA) is 50.4 Å². The molecule has 0 aliphatic rings. The third-order valence-electron chi connectivity index (χ3n) is 2.83. The number of halogens is 2. The van der Waals surface area contributed by atoms with E-state index in [1.54, 1.807) is 24.3 Å². The highest BCUT2D eigenvalue weighted by Gasteiger charge is 2.07. The number of carbonyl (C=O) groups is 1. The van der Waals surface area contributed by atoms with Crippen molar-refractivity contribution < 1.29 is 18.3 Å². The lowest BCUT2D eigenvalue weighted by molar-refractivity contribution is 0.187. The van der Waals surface area contributed by atoms with Crippen molar-refractivity contribution in [2.45, 2.75) is 6.54 Å². The number of anilines is 2. The Kier molecular flexibility index (Phi) is 4.71. The molecule has 2 N–H and O–H groups in total. The van der Waals surface area contributed by atoms with Gasteiger partial charge in [-0.2, -0.15) is 0 Å². The molecule has 2 aromatic carbocycles. The van der Waals surface area contributed by atoms with Crippen molar-refractivity contribution in [3.05, 3.63) is 59.7 Å². The minimum Gasteiger partial charge on any atom is -0.453 e. The van der Waals surface area contributed by atoms with E-state index < -0.39 is 17.7 Å². The first kappa shape index (κ1) is 14.8. The maximum Gasteiger partial charge on any atom is 0.411 e. The highest BCUT2D eigenvalue weighted by Crippen LogP contribution is 2.16. The minimum absolute atomic E-state index is 0.160. The number of hydrogen-bond donors (Lipinski definition) is 2. The zero-order valence-electron chi connectivity index (χ0n) is 11.3. The molecule has 0 bridgehead atoms. The van der Waals surface area contributed by atoms with Gasteiger partial charge in [0.05, 0.1) is 7.11 Å². The van der Waals surface area contributed by atoms with Crippen LogP contribution in [0.2, 0.25) is 0 Å². The fourth-order valence-corrected chi connectivity index (χ4v) is 1.72. The van der Waals surface area contributed by atoms with Gasteiger partial charge in [0.1, 0.15) is 0 Å². The zero-order chi connectivity index (χ0) is 15.2. The van der Waals surface area contributed by atoms with E-state index in [9.17, 15) is 13.6 Å². The summed E-state index contributed by atoms with van der Waals surface area (Å²) in [5.74, 6) is -1.72. The summed E-state index contributed by atoms with van der Waals surface area (Å²) < 4.78 is 31.0. The minimum atomic E-state index is -0.869. The summed E-state index contributed by atoms with van der Waals surface area (Å²) in [5.41, 5.74) is 1.53. The van der Waals surface area contributed by atoms with Crippen LogP contribution in [0.15, 0.2) is 42.5 Å². The molecule has 0 radical (unpaired) electrons. The molecule has 0 aliphatic heterocycles. The fourth-order valence-electron chi connectivity index (χ4n) is 1.72. The summed E-state index contributed by atoms with van der Waals surface area (Å²) in [6, 6.07) is 10.8. The lowest BCUT2D eigenvalue weighted by Gasteiger charge is -2.09. The van der Waals surface area contributed by atoms with Crippen LogP contribution in [0, 0.1) is 11.6 Å². The van der Waals surface area contributed by atoms with Crippen molar-refractivity contribution in [2.24, 2.45) is 0 Å². The van der Waals surface area contributed by atoms with Gasteiger partial charge >= 0.3 is 6.09 Å². The molecule has 0 unspecified atom stereocenters. The monoisotopic (exact) mass is 292 g/mol. The molecule has 0 saturated heterocycles. The van der Waals surface area contributed by atoms with E-state index in [0.29, 0.717) is 11.4 Å². The van der Waals surface area contributed by atoms with E-state index in [1.165, 1.54) is 19.2 Å². The molecule has 0 spiro atoms. The van der Waals surface area contributed by atoms with E-state index >= 15 is 0 Å². The van der Waals surface area contributed by atoms with Crippen molar-refractivity contribution in [2.75, 3.05) is 17.7 Å². The standard InChI is InChI=1S/C15H14F2N2O2/c1-21-15(20)19-12-7-5-11(6-8-12)18-9-10-3-2-4-13(16)14(10)17/h2-8,18H,9H2,1H3,(H,19,20). The molecule has 2 aromatic rings. The molecule has 0 saturated carbocycles. The summed E-state index contributed by atoms with van der Waals surface area (Å²) in [6.07, 6.45) is -0.558. The maximum absolute atomic E-state index is 13.5. The van der Waals surface area contributed by atoms with Crippen LogP contribution in [-0.4, -0.2) is 13.2 Å². The number of benzene rings is 2. The van der Waals surface area contributed by atoms with Crippen LogP contribution in [0.25, 0.3) is 0 Å². The number of ether oxygens (including phenoxy) is 1. The number of nitrogens with one attached hydrogen (secondary N) is 2. The Morgan fingerprint density at radius 2 is 1.76 bits per heavy atom. The molecule has 1 amide bonds. The highest BCUT2D eigenvalue weighted by atomic mass is 19.2. The highest BCUT2D eigenvalue weighted by molar-refractivity contribution is 5.84. The van der Waals surface area contributed by atoms with E-state index in [-0.39, 0.29) is 12.1 Å². The molecule has 0 fully saturated rings.